The Hall–Kier alpha value is -2.65. The smallest absolute Gasteiger partial charge is 0.405 e. The number of carbonyl (C=O) groups is 3. The number of nitrogens with one attached hydrogen (secondary N) is 2. The predicted molar refractivity (Wildman–Crippen MR) is 126 cm³/mol. The Morgan fingerprint density at radius 3 is 2.50 bits per heavy atom. The molecule has 1 aliphatic carbocycles. The van der Waals surface area contributed by atoms with Crippen molar-refractivity contribution in [3.63, 3.8) is 0 Å². The first-order valence-electron chi connectivity index (χ1n) is 12.3. The molecule has 34 heavy (non-hydrogen) atoms. The number of benzene rings is 1. The van der Waals surface area contributed by atoms with Gasteiger partial charge in [0.05, 0.1) is 25.8 Å². The predicted octanol–water partition coefficient (Wildman–Crippen LogP) is 2.45. The molecule has 2 aliphatic rings. The molecule has 0 bridgehead atoms. The Kier molecular flexibility index (Phi) is 10.2. The summed E-state index contributed by atoms with van der Waals surface area (Å²) in [7, 11) is 0. The summed E-state index contributed by atoms with van der Waals surface area (Å²) in [5.74, 6) is -0.196. The van der Waals surface area contributed by atoms with Crippen LogP contribution in [0.1, 0.15) is 63.0 Å². The van der Waals surface area contributed by atoms with Crippen LogP contribution in [0, 0.1) is 5.92 Å². The second-order valence-corrected chi connectivity index (χ2v) is 9.28. The summed E-state index contributed by atoms with van der Waals surface area (Å²) < 4.78 is 5.82. The van der Waals surface area contributed by atoms with E-state index in [-0.39, 0.29) is 31.5 Å². The maximum absolute atomic E-state index is 12.8. The van der Waals surface area contributed by atoms with Crippen molar-refractivity contribution in [1.29, 1.82) is 0 Å². The number of ether oxygens (including phenoxy) is 1. The quantitative estimate of drug-likeness (QED) is 0.412. The average molecular weight is 476 g/mol. The number of morpholine rings is 1. The molecule has 3 amide bonds. The normalized spacial score (nSPS) is 20.9. The Labute approximate surface area is 200 Å². The zero-order valence-electron chi connectivity index (χ0n) is 19.7. The van der Waals surface area contributed by atoms with Gasteiger partial charge in [0.1, 0.15) is 12.1 Å². The SMILES string of the molecule is O=C(O)NC(CC1CCCCC1)C(=O)NC(CO)CCC(=O)N1CCOC(c2ccccc2)C1. The van der Waals surface area contributed by atoms with Crippen LogP contribution in [0.25, 0.3) is 0 Å². The Balaban J connectivity index is 1.49. The zero-order valence-corrected chi connectivity index (χ0v) is 19.7. The zero-order chi connectivity index (χ0) is 24.3. The molecule has 1 aromatic rings. The van der Waals surface area contributed by atoms with Crippen LogP contribution in [0.3, 0.4) is 0 Å². The van der Waals surface area contributed by atoms with E-state index in [1.54, 1.807) is 4.90 Å². The molecule has 2 fully saturated rings. The lowest BCUT2D eigenvalue weighted by molar-refractivity contribution is -0.139. The third-order valence-electron chi connectivity index (χ3n) is 6.77. The van der Waals surface area contributed by atoms with Crippen LogP contribution < -0.4 is 10.6 Å². The van der Waals surface area contributed by atoms with Crippen LogP contribution in [0.5, 0.6) is 0 Å². The minimum absolute atomic E-state index is 0.0562. The molecule has 9 heteroatoms. The van der Waals surface area contributed by atoms with Gasteiger partial charge < -0.3 is 30.5 Å². The molecule has 3 unspecified atom stereocenters. The summed E-state index contributed by atoms with van der Waals surface area (Å²) >= 11 is 0. The van der Waals surface area contributed by atoms with E-state index < -0.39 is 24.1 Å². The first-order chi connectivity index (χ1) is 16.5. The van der Waals surface area contributed by atoms with Gasteiger partial charge in [0.25, 0.3) is 0 Å². The monoisotopic (exact) mass is 475 g/mol. The standard InChI is InChI=1S/C25H37N3O6/c29-17-20(26-24(31)21(27-25(32)33)15-18-7-3-1-4-8-18)11-12-23(30)28-13-14-34-22(16-28)19-9-5-2-6-10-19/h2,5-6,9-10,18,20-22,27,29H,1,3-4,7-8,11-17H2,(H,26,31)(H,32,33). The minimum Gasteiger partial charge on any atom is -0.465 e. The molecular formula is C25H37N3O6. The molecule has 1 heterocycles. The van der Waals surface area contributed by atoms with Gasteiger partial charge in [-0.3, -0.25) is 9.59 Å². The van der Waals surface area contributed by atoms with E-state index in [1.807, 2.05) is 30.3 Å². The Morgan fingerprint density at radius 2 is 1.82 bits per heavy atom. The molecule has 1 aliphatic heterocycles. The van der Waals surface area contributed by atoms with Crippen molar-refractivity contribution in [2.45, 2.75) is 69.6 Å². The highest BCUT2D eigenvalue weighted by Gasteiger charge is 2.29. The lowest BCUT2D eigenvalue weighted by Crippen LogP contribution is -2.51. The number of hydrogen-bond acceptors (Lipinski definition) is 5. The van der Waals surface area contributed by atoms with Crippen LogP contribution in [0.15, 0.2) is 30.3 Å². The van der Waals surface area contributed by atoms with E-state index in [9.17, 15) is 24.6 Å². The van der Waals surface area contributed by atoms with Gasteiger partial charge in [0.15, 0.2) is 0 Å². The van der Waals surface area contributed by atoms with Crippen LogP contribution >= 0.6 is 0 Å². The summed E-state index contributed by atoms with van der Waals surface area (Å²) in [6.07, 6.45) is 4.84. The van der Waals surface area contributed by atoms with Crippen molar-refractivity contribution in [2.24, 2.45) is 5.92 Å². The van der Waals surface area contributed by atoms with Gasteiger partial charge in [-0.1, -0.05) is 62.4 Å². The molecule has 9 nitrogen and oxygen atoms in total. The molecule has 0 aromatic heterocycles. The molecule has 4 N–H and O–H groups in total. The molecule has 0 radical (unpaired) electrons. The second-order valence-electron chi connectivity index (χ2n) is 9.28. The average Bonchev–Trinajstić information content (AvgIpc) is 2.86. The molecular weight excluding hydrogens is 438 g/mol. The molecule has 188 valence electrons. The number of amides is 3. The highest BCUT2D eigenvalue weighted by molar-refractivity contribution is 5.85. The van der Waals surface area contributed by atoms with Crippen molar-refractivity contribution in [1.82, 2.24) is 15.5 Å². The fourth-order valence-corrected chi connectivity index (χ4v) is 4.85. The summed E-state index contributed by atoms with van der Waals surface area (Å²) in [6.45, 7) is 1.10. The molecule has 1 saturated heterocycles. The molecule has 3 rings (SSSR count). The maximum atomic E-state index is 12.8. The summed E-state index contributed by atoms with van der Waals surface area (Å²) in [4.78, 5) is 38.6. The molecule has 0 spiro atoms. The lowest BCUT2D eigenvalue weighted by Gasteiger charge is -2.33. The summed E-state index contributed by atoms with van der Waals surface area (Å²) in [5.41, 5.74) is 1.02. The third-order valence-corrected chi connectivity index (χ3v) is 6.77. The number of rotatable bonds is 10. The number of aliphatic hydroxyl groups excluding tert-OH is 1. The number of carbonyl (C=O) groups excluding carboxylic acids is 2. The van der Waals surface area contributed by atoms with Crippen molar-refractivity contribution in [2.75, 3.05) is 26.3 Å². The van der Waals surface area contributed by atoms with Gasteiger partial charge in [0.2, 0.25) is 11.8 Å². The fraction of sp³-hybridized carbons (Fsp3) is 0.640. The topological polar surface area (TPSA) is 128 Å². The van der Waals surface area contributed by atoms with Crippen LogP contribution in [0.4, 0.5) is 4.79 Å². The van der Waals surface area contributed by atoms with E-state index in [0.717, 1.165) is 31.2 Å². The summed E-state index contributed by atoms with van der Waals surface area (Å²) in [5, 5.41) is 24.0. The molecule has 1 aromatic carbocycles. The second kappa shape index (κ2) is 13.3. The fourth-order valence-electron chi connectivity index (χ4n) is 4.85. The van der Waals surface area contributed by atoms with Gasteiger partial charge in [-0.05, 0) is 24.3 Å². The van der Waals surface area contributed by atoms with Crippen LogP contribution in [0.2, 0.25) is 0 Å². The van der Waals surface area contributed by atoms with Crippen molar-refractivity contribution < 1.29 is 29.3 Å². The number of carboxylic acid groups (broad SMARTS) is 1. The van der Waals surface area contributed by atoms with E-state index in [4.69, 9.17) is 4.74 Å². The van der Waals surface area contributed by atoms with Crippen molar-refractivity contribution in [3.8, 4) is 0 Å². The Bertz CT molecular complexity index is 799. The number of nitrogens with zero attached hydrogens (tertiary/aromatic N) is 1. The minimum atomic E-state index is -1.24. The Morgan fingerprint density at radius 1 is 1.09 bits per heavy atom. The van der Waals surface area contributed by atoms with Crippen LogP contribution in [-0.2, 0) is 14.3 Å². The lowest BCUT2D eigenvalue weighted by atomic mass is 9.84. The van der Waals surface area contributed by atoms with Gasteiger partial charge in [-0.25, -0.2) is 4.79 Å². The highest BCUT2D eigenvalue weighted by atomic mass is 16.5. The van der Waals surface area contributed by atoms with Crippen LogP contribution in [-0.4, -0.2) is 71.4 Å². The van der Waals surface area contributed by atoms with Gasteiger partial charge in [0, 0.05) is 13.0 Å². The number of aliphatic hydroxyl groups is 1. The molecule has 3 atom stereocenters. The van der Waals surface area contributed by atoms with Crippen molar-refractivity contribution >= 4 is 17.9 Å². The largest absolute Gasteiger partial charge is 0.465 e. The van der Waals surface area contributed by atoms with E-state index >= 15 is 0 Å². The maximum Gasteiger partial charge on any atom is 0.405 e. The van der Waals surface area contributed by atoms with E-state index in [0.29, 0.717) is 32.0 Å². The van der Waals surface area contributed by atoms with Gasteiger partial charge in [-0.15, -0.1) is 0 Å². The van der Waals surface area contributed by atoms with E-state index in [1.165, 1.54) is 6.42 Å². The van der Waals surface area contributed by atoms with E-state index in [2.05, 4.69) is 10.6 Å². The van der Waals surface area contributed by atoms with Gasteiger partial charge >= 0.3 is 6.09 Å². The summed E-state index contributed by atoms with van der Waals surface area (Å²) in [6, 6.07) is 8.28. The first-order valence-corrected chi connectivity index (χ1v) is 12.3. The van der Waals surface area contributed by atoms with Crippen molar-refractivity contribution in [3.05, 3.63) is 35.9 Å². The number of hydrogen-bond donors (Lipinski definition) is 4. The third kappa shape index (κ3) is 7.99. The highest BCUT2D eigenvalue weighted by Crippen LogP contribution is 2.27. The first kappa shape index (κ1) is 26.0. The van der Waals surface area contributed by atoms with Gasteiger partial charge in [-0.2, -0.15) is 0 Å². The molecule has 1 saturated carbocycles.